The van der Waals surface area contributed by atoms with E-state index >= 15 is 0 Å². The van der Waals surface area contributed by atoms with E-state index < -0.39 is 0 Å². The number of aryl methyl sites for hydroxylation is 1. The molecule has 5 nitrogen and oxygen atoms in total. The maximum atomic E-state index is 11.8. The fraction of sp³-hybridized carbons (Fsp3) is 0.267. The third-order valence-corrected chi connectivity index (χ3v) is 3.21. The van der Waals surface area contributed by atoms with E-state index in [1.807, 2.05) is 55.7 Å². The smallest absolute Gasteiger partial charge is 0.267 e. The molecule has 5 heteroatoms. The van der Waals surface area contributed by atoms with Crippen molar-refractivity contribution in [3.63, 3.8) is 0 Å². The monoisotopic (exact) mass is 273 g/mol. The summed E-state index contributed by atoms with van der Waals surface area (Å²) in [6.07, 6.45) is 0. The zero-order valence-electron chi connectivity index (χ0n) is 11.9. The molecule has 2 aromatic rings. The lowest BCUT2D eigenvalue weighted by Gasteiger charge is -2.14. The highest BCUT2D eigenvalue weighted by Gasteiger charge is 2.17. The van der Waals surface area contributed by atoms with Gasteiger partial charge in [-0.2, -0.15) is 0 Å². The molecule has 0 saturated carbocycles. The molecular formula is C15H19N3O2. The molecule has 0 atom stereocenters. The summed E-state index contributed by atoms with van der Waals surface area (Å²) < 4.78 is 7.65. The number of carbonyl (C=O) groups is 1. The second-order valence-electron chi connectivity index (χ2n) is 4.49. The molecular weight excluding hydrogens is 254 g/mol. The summed E-state index contributed by atoms with van der Waals surface area (Å²) >= 11 is 0. The molecule has 106 valence electrons. The van der Waals surface area contributed by atoms with Crippen LogP contribution in [0.2, 0.25) is 0 Å². The third-order valence-electron chi connectivity index (χ3n) is 3.21. The fourth-order valence-corrected chi connectivity index (χ4v) is 2.36. The molecule has 1 heterocycles. The van der Waals surface area contributed by atoms with Gasteiger partial charge in [0.1, 0.15) is 5.75 Å². The summed E-state index contributed by atoms with van der Waals surface area (Å²) in [6.45, 7) is 6.37. The van der Waals surface area contributed by atoms with E-state index in [9.17, 15) is 4.79 Å². The van der Waals surface area contributed by atoms with Crippen molar-refractivity contribution in [3.8, 4) is 11.4 Å². The summed E-state index contributed by atoms with van der Waals surface area (Å²) in [7, 11) is 0. The van der Waals surface area contributed by atoms with Gasteiger partial charge in [-0.1, -0.05) is 12.1 Å². The van der Waals surface area contributed by atoms with Crippen molar-refractivity contribution in [2.24, 2.45) is 5.84 Å². The number of benzene rings is 1. The second kappa shape index (κ2) is 5.79. The SMILES string of the molecule is CCOc1ccccc1-n1c(C)cc(C(=O)NN)c1C. The topological polar surface area (TPSA) is 69.3 Å². The minimum Gasteiger partial charge on any atom is -0.492 e. The van der Waals surface area contributed by atoms with Crippen LogP contribution < -0.4 is 16.0 Å². The van der Waals surface area contributed by atoms with Gasteiger partial charge >= 0.3 is 0 Å². The first-order valence-corrected chi connectivity index (χ1v) is 6.52. The van der Waals surface area contributed by atoms with Crippen LogP contribution >= 0.6 is 0 Å². The number of amides is 1. The average molecular weight is 273 g/mol. The summed E-state index contributed by atoms with van der Waals surface area (Å²) in [5.41, 5.74) is 5.44. The van der Waals surface area contributed by atoms with Gasteiger partial charge in [0, 0.05) is 11.4 Å². The molecule has 0 unspecified atom stereocenters. The number of carbonyl (C=O) groups excluding carboxylic acids is 1. The Morgan fingerprint density at radius 1 is 1.35 bits per heavy atom. The summed E-state index contributed by atoms with van der Waals surface area (Å²) in [5.74, 6) is 5.71. The molecule has 0 aliphatic carbocycles. The average Bonchev–Trinajstić information content (AvgIpc) is 2.74. The maximum Gasteiger partial charge on any atom is 0.267 e. The number of hydrogen-bond acceptors (Lipinski definition) is 3. The van der Waals surface area contributed by atoms with Crippen LogP contribution in [0.4, 0.5) is 0 Å². The van der Waals surface area contributed by atoms with E-state index in [1.54, 1.807) is 0 Å². The summed E-state index contributed by atoms with van der Waals surface area (Å²) in [6, 6.07) is 9.57. The molecule has 0 radical (unpaired) electrons. The van der Waals surface area contributed by atoms with E-state index in [1.165, 1.54) is 0 Å². The van der Waals surface area contributed by atoms with Crippen LogP contribution in [-0.2, 0) is 0 Å². The molecule has 0 aliphatic heterocycles. The van der Waals surface area contributed by atoms with E-state index in [-0.39, 0.29) is 5.91 Å². The third kappa shape index (κ3) is 2.40. The van der Waals surface area contributed by atoms with Gasteiger partial charge < -0.3 is 9.30 Å². The maximum absolute atomic E-state index is 11.8. The largest absolute Gasteiger partial charge is 0.492 e. The van der Waals surface area contributed by atoms with E-state index in [2.05, 4.69) is 5.43 Å². The van der Waals surface area contributed by atoms with E-state index in [0.717, 1.165) is 22.8 Å². The molecule has 2 rings (SSSR count). The summed E-state index contributed by atoms with van der Waals surface area (Å²) in [5, 5.41) is 0. The predicted octanol–water partition coefficient (Wildman–Crippen LogP) is 2.10. The number of rotatable bonds is 4. The number of nitrogens with one attached hydrogen (secondary N) is 1. The first-order valence-electron chi connectivity index (χ1n) is 6.52. The van der Waals surface area contributed by atoms with Crippen LogP contribution in [0.15, 0.2) is 30.3 Å². The number of para-hydroxylation sites is 2. The Hall–Kier alpha value is -2.27. The molecule has 0 aliphatic rings. The van der Waals surface area contributed by atoms with Crippen LogP contribution in [0, 0.1) is 13.8 Å². The Balaban J connectivity index is 2.59. The summed E-state index contributed by atoms with van der Waals surface area (Å²) in [4.78, 5) is 11.8. The minimum atomic E-state index is -0.293. The Kier molecular flexibility index (Phi) is 4.10. The molecule has 0 saturated heterocycles. The molecule has 0 fully saturated rings. The van der Waals surface area contributed by atoms with Crippen LogP contribution in [-0.4, -0.2) is 17.1 Å². The molecule has 1 amide bonds. The number of nitrogens with zero attached hydrogens (tertiary/aromatic N) is 1. The molecule has 20 heavy (non-hydrogen) atoms. The first-order chi connectivity index (χ1) is 9.60. The van der Waals surface area contributed by atoms with Gasteiger partial charge in [0.2, 0.25) is 0 Å². The Morgan fingerprint density at radius 2 is 2.05 bits per heavy atom. The highest BCUT2D eigenvalue weighted by atomic mass is 16.5. The zero-order chi connectivity index (χ0) is 14.7. The van der Waals surface area contributed by atoms with Gasteiger partial charge in [-0.05, 0) is 39.0 Å². The quantitative estimate of drug-likeness (QED) is 0.509. The Labute approximate surface area is 118 Å². The highest BCUT2D eigenvalue weighted by molar-refractivity contribution is 5.95. The van der Waals surface area contributed by atoms with Crippen LogP contribution in [0.25, 0.3) is 5.69 Å². The minimum absolute atomic E-state index is 0.293. The lowest BCUT2D eigenvalue weighted by molar-refractivity contribution is 0.0953. The van der Waals surface area contributed by atoms with Gasteiger partial charge in [-0.25, -0.2) is 5.84 Å². The van der Waals surface area contributed by atoms with Crippen LogP contribution in [0.3, 0.4) is 0 Å². The Bertz CT molecular complexity index is 632. The first kappa shape index (κ1) is 14.1. The number of hydrogen-bond donors (Lipinski definition) is 2. The van der Waals surface area contributed by atoms with Gasteiger partial charge in [-0.15, -0.1) is 0 Å². The molecule has 0 bridgehead atoms. The Morgan fingerprint density at radius 3 is 2.70 bits per heavy atom. The van der Waals surface area contributed by atoms with Gasteiger partial charge in [0.05, 0.1) is 17.9 Å². The number of nitrogen functional groups attached to an aromatic ring is 1. The standard InChI is InChI=1S/C15H19N3O2/c1-4-20-14-8-6-5-7-13(14)18-10(2)9-12(11(18)3)15(19)17-16/h5-9H,4,16H2,1-3H3,(H,17,19). The normalized spacial score (nSPS) is 10.4. The number of hydrazine groups is 1. The van der Waals surface area contributed by atoms with Crippen LogP contribution in [0.5, 0.6) is 5.75 Å². The molecule has 1 aromatic carbocycles. The predicted molar refractivity (Wildman–Crippen MR) is 78.1 cm³/mol. The van der Waals surface area contributed by atoms with Gasteiger partial charge in [0.15, 0.2) is 0 Å². The van der Waals surface area contributed by atoms with Gasteiger partial charge in [-0.3, -0.25) is 10.2 Å². The second-order valence-corrected chi connectivity index (χ2v) is 4.49. The lowest BCUT2D eigenvalue weighted by atomic mass is 10.2. The van der Waals surface area contributed by atoms with E-state index in [4.69, 9.17) is 10.6 Å². The molecule has 0 spiro atoms. The van der Waals surface area contributed by atoms with Crippen molar-refractivity contribution in [2.45, 2.75) is 20.8 Å². The van der Waals surface area contributed by atoms with Crippen LogP contribution in [0.1, 0.15) is 28.7 Å². The number of aromatic nitrogens is 1. The lowest BCUT2D eigenvalue weighted by Crippen LogP contribution is -2.30. The zero-order valence-corrected chi connectivity index (χ0v) is 11.9. The molecule has 3 N–H and O–H groups in total. The highest BCUT2D eigenvalue weighted by Crippen LogP contribution is 2.28. The van der Waals surface area contributed by atoms with Crippen molar-refractivity contribution < 1.29 is 9.53 Å². The fourth-order valence-electron chi connectivity index (χ4n) is 2.36. The number of ether oxygens (including phenoxy) is 1. The van der Waals surface area contributed by atoms with Crippen molar-refractivity contribution >= 4 is 5.91 Å². The van der Waals surface area contributed by atoms with Crippen molar-refractivity contribution in [3.05, 3.63) is 47.3 Å². The van der Waals surface area contributed by atoms with Crippen molar-refractivity contribution in [1.29, 1.82) is 0 Å². The van der Waals surface area contributed by atoms with Crippen molar-refractivity contribution in [2.75, 3.05) is 6.61 Å². The number of nitrogens with two attached hydrogens (primary N) is 1. The van der Waals surface area contributed by atoms with E-state index in [0.29, 0.717) is 12.2 Å². The van der Waals surface area contributed by atoms with Gasteiger partial charge in [0.25, 0.3) is 5.91 Å². The molecule has 1 aromatic heterocycles. The van der Waals surface area contributed by atoms with Crippen molar-refractivity contribution in [1.82, 2.24) is 9.99 Å².